The Kier molecular flexibility index (Phi) is 8.97. The SMILES string of the molecule is CO[C@@H]1COCC[C@@H]1N[C@@H]1C[C@H]2CN(C(=O)C=Cc3cccc(C(=O)O)c3)C[C@@]2(C(=O)N2CCc3ccc(C(F)(F)F)cc3C2)C1. The molecule has 0 bridgehead atoms. The second-order valence-corrected chi connectivity index (χ2v) is 12.8. The Morgan fingerprint density at radius 3 is 2.72 bits per heavy atom. The summed E-state index contributed by atoms with van der Waals surface area (Å²) in [5.41, 5.74) is 0.359. The fourth-order valence-electron chi connectivity index (χ4n) is 7.70. The van der Waals surface area contributed by atoms with E-state index in [0.717, 1.165) is 24.1 Å². The number of ether oxygens (including phenoxy) is 2. The monoisotopic (exact) mass is 641 g/mol. The van der Waals surface area contributed by atoms with Gasteiger partial charge in [0, 0.05) is 58.1 Å². The van der Waals surface area contributed by atoms with Crippen LogP contribution in [0.1, 0.15) is 51.9 Å². The molecule has 2 aromatic carbocycles. The highest BCUT2D eigenvalue weighted by atomic mass is 19.4. The molecule has 12 heteroatoms. The van der Waals surface area contributed by atoms with Crippen LogP contribution in [0.3, 0.4) is 0 Å². The van der Waals surface area contributed by atoms with E-state index in [1.54, 1.807) is 35.1 Å². The predicted molar refractivity (Wildman–Crippen MR) is 162 cm³/mol. The van der Waals surface area contributed by atoms with E-state index >= 15 is 0 Å². The normalized spacial score (nSPS) is 27.9. The van der Waals surface area contributed by atoms with Gasteiger partial charge in [0.15, 0.2) is 0 Å². The number of methoxy groups -OCH3 is 1. The van der Waals surface area contributed by atoms with Gasteiger partial charge in [-0.15, -0.1) is 0 Å². The number of aromatic carboxylic acids is 1. The Bertz CT molecular complexity index is 1530. The van der Waals surface area contributed by atoms with E-state index in [1.807, 2.05) is 0 Å². The molecule has 4 aliphatic rings. The molecular formula is C34H38F3N3O6. The molecule has 0 radical (unpaired) electrons. The zero-order chi connectivity index (χ0) is 32.6. The first-order valence-corrected chi connectivity index (χ1v) is 15.6. The van der Waals surface area contributed by atoms with Crippen LogP contribution in [0.25, 0.3) is 6.08 Å². The molecule has 2 saturated heterocycles. The summed E-state index contributed by atoms with van der Waals surface area (Å²) in [5.74, 6) is -1.62. The predicted octanol–water partition coefficient (Wildman–Crippen LogP) is 4.00. The summed E-state index contributed by atoms with van der Waals surface area (Å²) in [4.78, 5) is 42.6. The minimum atomic E-state index is -4.48. The van der Waals surface area contributed by atoms with Gasteiger partial charge in [0.25, 0.3) is 0 Å². The maximum atomic E-state index is 14.5. The first kappa shape index (κ1) is 32.2. The van der Waals surface area contributed by atoms with Crippen molar-refractivity contribution in [1.29, 1.82) is 0 Å². The Hall–Kier alpha value is -3.74. The summed E-state index contributed by atoms with van der Waals surface area (Å²) in [7, 11) is 1.65. The van der Waals surface area contributed by atoms with Crippen molar-refractivity contribution in [2.45, 2.75) is 56.6 Å². The fraction of sp³-hybridized carbons (Fsp3) is 0.500. The van der Waals surface area contributed by atoms with Crippen molar-refractivity contribution in [2.75, 3.05) is 40.0 Å². The van der Waals surface area contributed by atoms with Crippen molar-refractivity contribution in [1.82, 2.24) is 15.1 Å². The minimum Gasteiger partial charge on any atom is -0.478 e. The van der Waals surface area contributed by atoms with Gasteiger partial charge in [0.1, 0.15) is 0 Å². The first-order chi connectivity index (χ1) is 22.0. The number of rotatable bonds is 7. The molecule has 246 valence electrons. The maximum absolute atomic E-state index is 14.5. The van der Waals surface area contributed by atoms with Crippen molar-refractivity contribution in [2.24, 2.45) is 11.3 Å². The third-order valence-corrected chi connectivity index (χ3v) is 10.1. The Morgan fingerprint density at radius 1 is 1.13 bits per heavy atom. The number of nitrogens with zero attached hydrogens (tertiary/aromatic N) is 2. The molecule has 46 heavy (non-hydrogen) atoms. The van der Waals surface area contributed by atoms with Crippen molar-refractivity contribution >= 4 is 23.9 Å². The van der Waals surface area contributed by atoms with E-state index < -0.39 is 23.1 Å². The lowest BCUT2D eigenvalue weighted by molar-refractivity contribution is -0.144. The van der Waals surface area contributed by atoms with E-state index in [9.17, 15) is 32.7 Å². The van der Waals surface area contributed by atoms with E-state index in [0.29, 0.717) is 56.7 Å². The Labute approximate surface area is 265 Å². The van der Waals surface area contributed by atoms with Crippen LogP contribution in [-0.2, 0) is 38.2 Å². The third-order valence-electron chi connectivity index (χ3n) is 10.1. The molecule has 3 fully saturated rings. The summed E-state index contributed by atoms with van der Waals surface area (Å²) in [6, 6.07) is 10.1. The lowest BCUT2D eigenvalue weighted by Crippen LogP contribution is -2.52. The molecule has 0 spiro atoms. The first-order valence-electron chi connectivity index (χ1n) is 15.6. The quantitative estimate of drug-likeness (QED) is 0.440. The molecule has 0 aromatic heterocycles. The molecule has 6 rings (SSSR count). The van der Waals surface area contributed by atoms with Gasteiger partial charge in [0.05, 0.1) is 29.3 Å². The fourth-order valence-corrected chi connectivity index (χ4v) is 7.70. The van der Waals surface area contributed by atoms with Crippen LogP contribution < -0.4 is 5.32 Å². The molecule has 1 aliphatic carbocycles. The van der Waals surface area contributed by atoms with Crippen molar-refractivity contribution < 1.29 is 42.1 Å². The van der Waals surface area contributed by atoms with E-state index in [2.05, 4.69) is 5.32 Å². The topological polar surface area (TPSA) is 108 Å². The number of nitrogens with one attached hydrogen (secondary N) is 1. The number of benzene rings is 2. The van der Waals surface area contributed by atoms with E-state index in [1.165, 1.54) is 24.3 Å². The van der Waals surface area contributed by atoms with Crippen LogP contribution in [0, 0.1) is 11.3 Å². The maximum Gasteiger partial charge on any atom is 0.416 e. The zero-order valence-electron chi connectivity index (χ0n) is 25.6. The van der Waals surface area contributed by atoms with Crippen molar-refractivity contribution in [3.63, 3.8) is 0 Å². The highest BCUT2D eigenvalue weighted by molar-refractivity contribution is 5.94. The van der Waals surface area contributed by atoms with Crippen LogP contribution in [0.4, 0.5) is 13.2 Å². The lowest BCUT2D eigenvalue weighted by atomic mass is 9.78. The number of alkyl halides is 3. The van der Waals surface area contributed by atoms with Gasteiger partial charge in [-0.3, -0.25) is 9.59 Å². The molecule has 2 N–H and O–H groups in total. The van der Waals surface area contributed by atoms with Crippen LogP contribution in [-0.4, -0.2) is 90.8 Å². The van der Waals surface area contributed by atoms with E-state index in [4.69, 9.17) is 9.47 Å². The number of carboxylic acid groups (broad SMARTS) is 1. The van der Waals surface area contributed by atoms with Crippen LogP contribution >= 0.6 is 0 Å². The van der Waals surface area contributed by atoms with Crippen LogP contribution in [0.5, 0.6) is 0 Å². The molecule has 1 saturated carbocycles. The van der Waals surface area contributed by atoms with E-state index in [-0.39, 0.29) is 54.6 Å². The summed E-state index contributed by atoms with van der Waals surface area (Å²) in [5, 5.41) is 13.0. The zero-order valence-corrected chi connectivity index (χ0v) is 25.6. The number of carbonyl (C=O) groups excluding carboxylic acids is 2. The summed E-state index contributed by atoms with van der Waals surface area (Å²) in [6.07, 6.45) is 0.748. The van der Waals surface area contributed by atoms with Gasteiger partial charge in [-0.2, -0.15) is 13.2 Å². The summed E-state index contributed by atoms with van der Waals surface area (Å²) in [6.45, 7) is 2.13. The average Bonchev–Trinajstić information content (AvgIpc) is 3.57. The number of hydrogen-bond donors (Lipinski definition) is 2. The second kappa shape index (κ2) is 12.8. The van der Waals surface area contributed by atoms with Crippen molar-refractivity contribution in [3.8, 4) is 0 Å². The van der Waals surface area contributed by atoms with Crippen molar-refractivity contribution in [3.05, 3.63) is 76.4 Å². The largest absolute Gasteiger partial charge is 0.478 e. The number of fused-ring (bicyclic) bond motifs is 2. The standard InChI is InChI=1S/C34H38F3N3O6/c1-45-29-19-46-12-10-28(29)38-27-15-26-18-40(30(41)8-5-21-3-2-4-23(13-21)31(42)43)20-33(26,16-27)32(44)39-11-9-22-6-7-25(34(35,36)37)14-24(22)17-39/h2-8,13-14,26-29,38H,9-12,15-20H2,1H3,(H,42,43)/t26-,27+,28-,29+,33-/m0/s1. The Morgan fingerprint density at radius 2 is 1.96 bits per heavy atom. The van der Waals surface area contributed by atoms with Gasteiger partial charge >= 0.3 is 12.1 Å². The average molecular weight is 642 g/mol. The molecule has 3 heterocycles. The summed E-state index contributed by atoms with van der Waals surface area (Å²) >= 11 is 0. The number of halogens is 3. The number of hydrogen-bond acceptors (Lipinski definition) is 6. The number of carbonyl (C=O) groups is 3. The summed E-state index contributed by atoms with van der Waals surface area (Å²) < 4.78 is 51.7. The number of amides is 2. The molecule has 2 aromatic rings. The van der Waals surface area contributed by atoms with Gasteiger partial charge in [-0.25, -0.2) is 4.79 Å². The Balaban J connectivity index is 1.23. The highest BCUT2D eigenvalue weighted by Gasteiger charge is 2.59. The van der Waals surface area contributed by atoms with Gasteiger partial charge < -0.3 is 29.7 Å². The third kappa shape index (κ3) is 6.43. The van der Waals surface area contributed by atoms with Crippen LogP contribution in [0.2, 0.25) is 0 Å². The number of likely N-dealkylation sites (tertiary alicyclic amines) is 1. The molecule has 0 unspecified atom stereocenters. The smallest absolute Gasteiger partial charge is 0.416 e. The minimum absolute atomic E-state index is 0.00448. The van der Waals surface area contributed by atoms with Crippen LogP contribution in [0.15, 0.2) is 48.5 Å². The second-order valence-electron chi connectivity index (χ2n) is 12.8. The van der Waals surface area contributed by atoms with Gasteiger partial charge in [-0.1, -0.05) is 18.2 Å². The number of carboxylic acids is 1. The highest BCUT2D eigenvalue weighted by Crippen LogP contribution is 2.51. The van der Waals surface area contributed by atoms with Gasteiger partial charge in [0.2, 0.25) is 11.8 Å². The molecule has 9 nitrogen and oxygen atoms in total. The molecule has 3 aliphatic heterocycles. The van der Waals surface area contributed by atoms with Gasteiger partial charge in [-0.05, 0) is 78.6 Å². The lowest BCUT2D eigenvalue weighted by Gasteiger charge is -2.38. The molecule has 5 atom stereocenters. The molecule has 2 amide bonds. The molecular weight excluding hydrogens is 603 g/mol.